The summed E-state index contributed by atoms with van der Waals surface area (Å²) in [6.45, 7) is 1.42. The minimum atomic E-state index is -4.13. The standard InChI is InChI=1S/C25H28N2O6S/c1-18(19-8-6-5-7-9-19)26-25(28)17-27(20-10-12-21(31-2)13-11-20)34(29,30)22-14-15-23(32-3)24(16-22)33-4/h5-16,18H,17H2,1-4H3,(H,26,28)/t18-/m0/s1. The van der Waals surface area contributed by atoms with Crippen LogP contribution < -0.4 is 23.8 Å². The van der Waals surface area contributed by atoms with Crippen molar-refractivity contribution in [2.75, 3.05) is 32.2 Å². The Morgan fingerprint density at radius 3 is 2.12 bits per heavy atom. The first kappa shape index (κ1) is 24.9. The fourth-order valence-corrected chi connectivity index (χ4v) is 4.85. The number of anilines is 1. The van der Waals surface area contributed by atoms with Gasteiger partial charge >= 0.3 is 0 Å². The highest BCUT2D eigenvalue weighted by molar-refractivity contribution is 7.92. The van der Waals surface area contributed by atoms with E-state index in [0.29, 0.717) is 17.2 Å². The molecule has 0 aromatic heterocycles. The highest BCUT2D eigenvalue weighted by Crippen LogP contribution is 2.32. The van der Waals surface area contributed by atoms with Gasteiger partial charge in [0.05, 0.1) is 38.0 Å². The zero-order chi connectivity index (χ0) is 24.7. The van der Waals surface area contributed by atoms with E-state index < -0.39 is 22.5 Å². The summed E-state index contributed by atoms with van der Waals surface area (Å²) in [6, 6.07) is 19.9. The Labute approximate surface area is 200 Å². The van der Waals surface area contributed by atoms with Gasteiger partial charge in [0.2, 0.25) is 5.91 Å². The molecule has 0 heterocycles. The normalized spacial score (nSPS) is 11.9. The first-order valence-corrected chi connectivity index (χ1v) is 12.0. The van der Waals surface area contributed by atoms with E-state index in [1.165, 1.54) is 39.5 Å². The molecule has 0 aliphatic rings. The van der Waals surface area contributed by atoms with Gasteiger partial charge in [-0.3, -0.25) is 9.10 Å². The highest BCUT2D eigenvalue weighted by Gasteiger charge is 2.29. The number of methoxy groups -OCH3 is 3. The molecule has 180 valence electrons. The van der Waals surface area contributed by atoms with Gasteiger partial charge in [-0.15, -0.1) is 0 Å². The van der Waals surface area contributed by atoms with Gasteiger partial charge in [0.25, 0.3) is 10.0 Å². The van der Waals surface area contributed by atoms with Gasteiger partial charge in [0.15, 0.2) is 11.5 Å². The van der Waals surface area contributed by atoms with E-state index in [4.69, 9.17) is 14.2 Å². The molecule has 1 amide bonds. The summed E-state index contributed by atoms with van der Waals surface area (Å²) in [4.78, 5) is 12.9. The van der Waals surface area contributed by atoms with Gasteiger partial charge in [-0.25, -0.2) is 8.42 Å². The van der Waals surface area contributed by atoms with Crippen molar-refractivity contribution in [2.24, 2.45) is 0 Å². The fourth-order valence-electron chi connectivity index (χ4n) is 3.41. The van der Waals surface area contributed by atoms with Crippen LogP contribution in [0.1, 0.15) is 18.5 Å². The second-order valence-corrected chi connectivity index (χ2v) is 9.29. The number of hydrogen-bond donors (Lipinski definition) is 1. The summed E-state index contributed by atoms with van der Waals surface area (Å²) in [5.74, 6) is 0.776. The smallest absolute Gasteiger partial charge is 0.264 e. The molecule has 0 bridgehead atoms. The molecule has 0 unspecified atom stereocenters. The van der Waals surface area contributed by atoms with E-state index in [1.807, 2.05) is 37.3 Å². The minimum absolute atomic E-state index is 0.0372. The van der Waals surface area contributed by atoms with E-state index >= 15 is 0 Å². The Morgan fingerprint density at radius 2 is 1.53 bits per heavy atom. The number of benzene rings is 3. The third-order valence-electron chi connectivity index (χ3n) is 5.27. The van der Waals surface area contributed by atoms with Crippen molar-refractivity contribution in [2.45, 2.75) is 17.9 Å². The van der Waals surface area contributed by atoms with Gasteiger partial charge < -0.3 is 19.5 Å². The first-order chi connectivity index (χ1) is 16.3. The topological polar surface area (TPSA) is 94.2 Å². The van der Waals surface area contributed by atoms with E-state index in [2.05, 4.69) is 5.32 Å². The molecule has 3 aromatic rings. The Morgan fingerprint density at radius 1 is 0.882 bits per heavy atom. The van der Waals surface area contributed by atoms with E-state index in [0.717, 1.165) is 9.87 Å². The summed E-state index contributed by atoms with van der Waals surface area (Å²) in [6.07, 6.45) is 0. The number of rotatable bonds is 10. The molecule has 3 rings (SSSR count). The predicted octanol–water partition coefficient (Wildman–Crippen LogP) is 3.79. The molecule has 9 heteroatoms. The quantitative estimate of drug-likeness (QED) is 0.471. The number of sulfonamides is 1. The third kappa shape index (κ3) is 5.60. The largest absolute Gasteiger partial charge is 0.497 e. The lowest BCUT2D eigenvalue weighted by Crippen LogP contribution is -2.41. The number of nitrogens with one attached hydrogen (secondary N) is 1. The maximum atomic E-state index is 13.7. The number of ether oxygens (including phenoxy) is 3. The van der Waals surface area contributed by atoms with Crippen LogP contribution in [0.5, 0.6) is 17.2 Å². The Bertz CT molecular complexity index is 1210. The second-order valence-electron chi connectivity index (χ2n) is 7.43. The van der Waals surface area contributed by atoms with Crippen LogP contribution in [0.15, 0.2) is 77.7 Å². The van der Waals surface area contributed by atoms with Crippen LogP contribution >= 0.6 is 0 Å². The second kappa shape index (κ2) is 10.9. The van der Waals surface area contributed by atoms with Gasteiger partial charge in [-0.2, -0.15) is 0 Å². The first-order valence-electron chi connectivity index (χ1n) is 10.5. The maximum Gasteiger partial charge on any atom is 0.264 e. The van der Waals surface area contributed by atoms with Gasteiger partial charge in [0, 0.05) is 6.07 Å². The molecule has 1 N–H and O–H groups in total. The lowest BCUT2D eigenvalue weighted by molar-refractivity contribution is -0.120. The van der Waals surface area contributed by atoms with Crippen molar-refractivity contribution in [3.63, 3.8) is 0 Å². The zero-order valence-electron chi connectivity index (χ0n) is 19.5. The Kier molecular flexibility index (Phi) is 8.01. The summed E-state index contributed by atoms with van der Waals surface area (Å²) in [5, 5.41) is 2.87. The monoisotopic (exact) mass is 484 g/mol. The maximum absolute atomic E-state index is 13.7. The summed E-state index contributed by atoms with van der Waals surface area (Å²) in [5.41, 5.74) is 1.23. The molecular weight excluding hydrogens is 456 g/mol. The van der Waals surface area contributed by atoms with Crippen molar-refractivity contribution < 1.29 is 27.4 Å². The molecule has 0 spiro atoms. The summed E-state index contributed by atoms with van der Waals surface area (Å²) >= 11 is 0. The number of carbonyl (C=O) groups is 1. The van der Waals surface area contributed by atoms with Crippen molar-refractivity contribution in [3.8, 4) is 17.2 Å². The molecule has 0 saturated heterocycles. The van der Waals surface area contributed by atoms with Gasteiger partial charge in [0.1, 0.15) is 12.3 Å². The fraction of sp³-hybridized carbons (Fsp3) is 0.240. The van der Waals surface area contributed by atoms with Crippen LogP contribution in [-0.4, -0.2) is 42.2 Å². The lowest BCUT2D eigenvalue weighted by Gasteiger charge is -2.25. The number of amides is 1. The van der Waals surface area contributed by atoms with Crippen molar-refractivity contribution in [1.29, 1.82) is 0 Å². The third-order valence-corrected chi connectivity index (χ3v) is 7.04. The van der Waals surface area contributed by atoms with E-state index in [1.54, 1.807) is 24.3 Å². The SMILES string of the molecule is COc1ccc(N(CC(=O)N[C@@H](C)c2ccccc2)S(=O)(=O)c2ccc(OC)c(OC)c2)cc1. The predicted molar refractivity (Wildman–Crippen MR) is 130 cm³/mol. The average molecular weight is 485 g/mol. The van der Waals surface area contributed by atoms with E-state index in [9.17, 15) is 13.2 Å². The Balaban J connectivity index is 1.95. The van der Waals surface area contributed by atoms with Gasteiger partial charge in [-0.05, 0) is 48.9 Å². The molecule has 0 aliphatic heterocycles. The molecule has 8 nitrogen and oxygen atoms in total. The van der Waals surface area contributed by atoms with Crippen LogP contribution in [0.4, 0.5) is 5.69 Å². The number of carbonyl (C=O) groups excluding carboxylic acids is 1. The summed E-state index contributed by atoms with van der Waals surface area (Å²) < 4.78 is 44.0. The average Bonchev–Trinajstić information content (AvgIpc) is 2.87. The van der Waals surface area contributed by atoms with Crippen molar-refractivity contribution in [1.82, 2.24) is 5.32 Å². The molecule has 1 atom stereocenters. The molecule has 3 aromatic carbocycles. The Hall–Kier alpha value is -3.72. The molecular formula is C25H28N2O6S. The van der Waals surface area contributed by atoms with E-state index in [-0.39, 0.29) is 16.7 Å². The van der Waals surface area contributed by atoms with Crippen molar-refractivity contribution >= 4 is 21.6 Å². The zero-order valence-corrected chi connectivity index (χ0v) is 20.3. The minimum Gasteiger partial charge on any atom is -0.497 e. The molecule has 0 saturated carbocycles. The van der Waals surface area contributed by atoms with Crippen molar-refractivity contribution in [3.05, 3.63) is 78.4 Å². The molecule has 34 heavy (non-hydrogen) atoms. The van der Waals surface area contributed by atoms with Crippen LogP contribution in [-0.2, 0) is 14.8 Å². The van der Waals surface area contributed by atoms with Crippen LogP contribution in [0.25, 0.3) is 0 Å². The number of nitrogens with zero attached hydrogens (tertiary/aromatic N) is 1. The van der Waals surface area contributed by atoms with Crippen LogP contribution in [0.2, 0.25) is 0 Å². The molecule has 0 aliphatic carbocycles. The highest BCUT2D eigenvalue weighted by atomic mass is 32.2. The molecule has 0 fully saturated rings. The number of hydrogen-bond acceptors (Lipinski definition) is 6. The lowest BCUT2D eigenvalue weighted by atomic mass is 10.1. The molecule has 0 radical (unpaired) electrons. The van der Waals surface area contributed by atoms with Gasteiger partial charge in [-0.1, -0.05) is 30.3 Å². The summed E-state index contributed by atoms with van der Waals surface area (Å²) in [7, 11) is 0.279. The van der Waals surface area contributed by atoms with Crippen LogP contribution in [0, 0.1) is 0 Å². The van der Waals surface area contributed by atoms with Crippen LogP contribution in [0.3, 0.4) is 0 Å².